The number of rotatable bonds is 1. The fraction of sp³-hybridized carbons (Fsp3) is 0.368. The van der Waals surface area contributed by atoms with Gasteiger partial charge >= 0.3 is 0 Å². The minimum absolute atomic E-state index is 1.11. The van der Waals surface area contributed by atoms with Crippen molar-refractivity contribution in [3.8, 4) is 0 Å². The second-order valence-corrected chi connectivity index (χ2v) is 6.92. The van der Waals surface area contributed by atoms with E-state index in [0.717, 1.165) is 6.42 Å². The molecule has 0 aliphatic carbocycles. The normalized spacial score (nSPS) is 11.7. The van der Waals surface area contributed by atoms with Gasteiger partial charge in [0.2, 0.25) is 0 Å². The SMILES string of the molecule is CCc1c(C)c(C)c(C)c2sc3c(C)c(C)ccc3c12. The molecule has 0 aliphatic rings. The average Bonchev–Trinajstić information content (AvgIpc) is 2.81. The minimum atomic E-state index is 1.11. The first-order valence-electron chi connectivity index (χ1n) is 7.38. The van der Waals surface area contributed by atoms with E-state index in [-0.39, 0.29) is 0 Å². The molecule has 3 rings (SSSR count). The molecule has 104 valence electrons. The molecule has 0 bridgehead atoms. The number of benzene rings is 2. The van der Waals surface area contributed by atoms with Gasteiger partial charge in [0.15, 0.2) is 0 Å². The molecule has 0 aliphatic heterocycles. The third-order valence-electron chi connectivity index (χ3n) is 4.95. The van der Waals surface area contributed by atoms with E-state index in [1.165, 1.54) is 53.6 Å². The Kier molecular flexibility index (Phi) is 3.13. The molecular formula is C19H22S. The highest BCUT2D eigenvalue weighted by atomic mass is 32.1. The lowest BCUT2D eigenvalue weighted by atomic mass is 9.92. The molecule has 3 aromatic rings. The quantitative estimate of drug-likeness (QED) is 0.501. The van der Waals surface area contributed by atoms with Crippen LogP contribution in [0.4, 0.5) is 0 Å². The lowest BCUT2D eigenvalue weighted by Gasteiger charge is -2.13. The van der Waals surface area contributed by atoms with Crippen molar-refractivity contribution >= 4 is 31.5 Å². The summed E-state index contributed by atoms with van der Waals surface area (Å²) in [6, 6.07) is 4.59. The molecule has 1 heteroatoms. The van der Waals surface area contributed by atoms with E-state index in [9.17, 15) is 0 Å². The number of hydrogen-bond donors (Lipinski definition) is 0. The number of fused-ring (bicyclic) bond motifs is 3. The minimum Gasteiger partial charge on any atom is -0.135 e. The van der Waals surface area contributed by atoms with Crippen LogP contribution in [0.2, 0.25) is 0 Å². The summed E-state index contributed by atoms with van der Waals surface area (Å²) in [5, 5.41) is 2.97. The summed E-state index contributed by atoms with van der Waals surface area (Å²) in [4.78, 5) is 0. The van der Waals surface area contributed by atoms with Crippen LogP contribution in [0.1, 0.15) is 40.3 Å². The van der Waals surface area contributed by atoms with Crippen LogP contribution in [0.15, 0.2) is 12.1 Å². The van der Waals surface area contributed by atoms with Crippen LogP contribution in [0.25, 0.3) is 20.2 Å². The van der Waals surface area contributed by atoms with Crippen LogP contribution in [0.3, 0.4) is 0 Å². The number of thiophene rings is 1. The van der Waals surface area contributed by atoms with Gasteiger partial charge in [0.05, 0.1) is 0 Å². The highest BCUT2D eigenvalue weighted by molar-refractivity contribution is 7.26. The van der Waals surface area contributed by atoms with Gasteiger partial charge in [-0.1, -0.05) is 19.1 Å². The van der Waals surface area contributed by atoms with Crippen molar-refractivity contribution in [2.45, 2.75) is 48.0 Å². The molecule has 0 fully saturated rings. The molecule has 0 atom stereocenters. The molecule has 0 nitrogen and oxygen atoms in total. The molecule has 0 saturated heterocycles. The molecular weight excluding hydrogens is 260 g/mol. The first-order valence-corrected chi connectivity index (χ1v) is 8.20. The summed E-state index contributed by atoms with van der Waals surface area (Å²) in [6.07, 6.45) is 1.11. The zero-order chi connectivity index (χ0) is 14.6. The Balaban J connectivity index is 2.64. The second-order valence-electron chi connectivity index (χ2n) is 5.90. The standard InChI is InChI=1S/C19H22S/c1-7-15-13(5)12(4)14(6)19-17(15)16-9-8-10(2)11(3)18(16)20-19/h8-9H,7H2,1-6H3. The van der Waals surface area contributed by atoms with E-state index in [0.29, 0.717) is 0 Å². The topological polar surface area (TPSA) is 0 Å². The molecule has 0 unspecified atom stereocenters. The van der Waals surface area contributed by atoms with Crippen LogP contribution in [-0.2, 0) is 6.42 Å². The van der Waals surface area contributed by atoms with Gasteiger partial charge < -0.3 is 0 Å². The van der Waals surface area contributed by atoms with E-state index in [2.05, 4.69) is 53.7 Å². The maximum Gasteiger partial charge on any atom is 0.0390 e. The van der Waals surface area contributed by atoms with Crippen molar-refractivity contribution in [2.75, 3.05) is 0 Å². The molecule has 20 heavy (non-hydrogen) atoms. The summed E-state index contributed by atoms with van der Waals surface area (Å²) in [5.41, 5.74) is 8.80. The van der Waals surface area contributed by atoms with Crippen LogP contribution in [-0.4, -0.2) is 0 Å². The van der Waals surface area contributed by atoms with Crippen molar-refractivity contribution in [1.82, 2.24) is 0 Å². The number of aryl methyl sites for hydroxylation is 4. The molecule has 2 aromatic carbocycles. The predicted molar refractivity (Wildman–Crippen MR) is 92.4 cm³/mol. The fourth-order valence-electron chi connectivity index (χ4n) is 3.26. The van der Waals surface area contributed by atoms with Gasteiger partial charge in [-0.15, -0.1) is 11.3 Å². The Labute approximate surface area is 125 Å². The lowest BCUT2D eigenvalue weighted by molar-refractivity contribution is 1.11. The van der Waals surface area contributed by atoms with Gasteiger partial charge in [-0.3, -0.25) is 0 Å². The molecule has 1 aromatic heterocycles. The molecule has 0 N–H and O–H groups in total. The first kappa shape index (κ1) is 13.6. The van der Waals surface area contributed by atoms with Crippen molar-refractivity contribution < 1.29 is 0 Å². The monoisotopic (exact) mass is 282 g/mol. The Morgan fingerprint density at radius 2 is 1.50 bits per heavy atom. The average molecular weight is 282 g/mol. The Morgan fingerprint density at radius 3 is 2.15 bits per heavy atom. The molecule has 0 saturated carbocycles. The summed E-state index contributed by atoms with van der Waals surface area (Å²) in [6.45, 7) is 13.6. The van der Waals surface area contributed by atoms with Crippen molar-refractivity contribution in [1.29, 1.82) is 0 Å². The highest BCUT2D eigenvalue weighted by Crippen LogP contribution is 2.42. The third-order valence-corrected chi connectivity index (χ3v) is 6.40. The van der Waals surface area contributed by atoms with Gasteiger partial charge in [-0.05, 0) is 74.4 Å². The zero-order valence-corrected chi connectivity index (χ0v) is 14.1. The largest absolute Gasteiger partial charge is 0.135 e. The summed E-state index contributed by atoms with van der Waals surface area (Å²) in [5.74, 6) is 0. The lowest BCUT2D eigenvalue weighted by Crippen LogP contribution is -1.95. The highest BCUT2D eigenvalue weighted by Gasteiger charge is 2.17. The second kappa shape index (κ2) is 4.60. The van der Waals surface area contributed by atoms with Crippen LogP contribution in [0, 0.1) is 34.6 Å². The van der Waals surface area contributed by atoms with E-state index in [1.54, 1.807) is 0 Å². The van der Waals surface area contributed by atoms with Crippen LogP contribution < -0.4 is 0 Å². The molecule has 0 spiro atoms. The van der Waals surface area contributed by atoms with E-state index in [1.807, 2.05) is 11.3 Å². The number of hydrogen-bond acceptors (Lipinski definition) is 1. The summed E-state index contributed by atoms with van der Waals surface area (Å²) in [7, 11) is 0. The Hall–Kier alpha value is -1.34. The first-order chi connectivity index (χ1) is 9.47. The van der Waals surface area contributed by atoms with Crippen LogP contribution >= 0.6 is 11.3 Å². The smallest absolute Gasteiger partial charge is 0.0390 e. The zero-order valence-electron chi connectivity index (χ0n) is 13.3. The van der Waals surface area contributed by atoms with Gasteiger partial charge in [0.25, 0.3) is 0 Å². The molecule has 1 heterocycles. The van der Waals surface area contributed by atoms with E-state index < -0.39 is 0 Å². The van der Waals surface area contributed by atoms with Crippen molar-refractivity contribution in [2.24, 2.45) is 0 Å². The maximum absolute atomic E-state index is 2.32. The van der Waals surface area contributed by atoms with Gasteiger partial charge in [0, 0.05) is 20.2 Å². The van der Waals surface area contributed by atoms with Crippen molar-refractivity contribution in [3.63, 3.8) is 0 Å². The Bertz CT molecular complexity index is 834. The Morgan fingerprint density at radius 1 is 0.800 bits per heavy atom. The van der Waals surface area contributed by atoms with Gasteiger partial charge in [0.1, 0.15) is 0 Å². The van der Waals surface area contributed by atoms with E-state index in [4.69, 9.17) is 0 Å². The van der Waals surface area contributed by atoms with Gasteiger partial charge in [-0.25, -0.2) is 0 Å². The fourth-order valence-corrected chi connectivity index (χ4v) is 4.70. The maximum atomic E-state index is 2.32. The molecule has 0 radical (unpaired) electrons. The van der Waals surface area contributed by atoms with Gasteiger partial charge in [-0.2, -0.15) is 0 Å². The third kappa shape index (κ3) is 1.66. The summed E-state index contributed by atoms with van der Waals surface area (Å²) < 4.78 is 2.97. The van der Waals surface area contributed by atoms with Crippen LogP contribution in [0.5, 0.6) is 0 Å². The van der Waals surface area contributed by atoms with Crippen molar-refractivity contribution in [3.05, 3.63) is 45.5 Å². The summed E-state index contributed by atoms with van der Waals surface area (Å²) >= 11 is 1.98. The van der Waals surface area contributed by atoms with E-state index >= 15 is 0 Å². The molecule has 0 amide bonds. The predicted octanol–water partition coefficient (Wildman–Crippen LogP) is 6.16.